The molecule has 2 aromatic heterocycles. The van der Waals surface area contributed by atoms with Crippen LogP contribution in [-0.2, 0) is 11.3 Å². The molecule has 2 aromatic carbocycles. The number of carbonyl (C=O) groups is 2. The Hall–Kier alpha value is -5.30. The number of benzene rings is 2. The molecule has 0 radical (unpaired) electrons. The SMILES string of the molecule is CCn1nc(-c2cccc(-c3cc(C)cc(OCCCCCN(C)C)c3)c2)cc(NC(=O)Nc2c(O)cncc2F)c1=O.O=CNC1CC1. The van der Waals surface area contributed by atoms with Crippen LogP contribution in [0.5, 0.6) is 11.5 Å². The lowest BCUT2D eigenvalue weighted by Crippen LogP contribution is -2.29. The summed E-state index contributed by atoms with van der Waals surface area (Å²) >= 11 is 0. The van der Waals surface area contributed by atoms with E-state index in [1.807, 2.05) is 43.3 Å². The van der Waals surface area contributed by atoms with Crippen LogP contribution in [0.3, 0.4) is 0 Å². The van der Waals surface area contributed by atoms with Gasteiger partial charge in [-0.05, 0) is 108 Å². The maximum Gasteiger partial charge on any atom is 0.324 e. The Balaban J connectivity index is 0.000000812. The molecule has 3 amide bonds. The summed E-state index contributed by atoms with van der Waals surface area (Å²) in [5.41, 5.74) is 3.13. The minimum atomic E-state index is -0.918. The molecule has 260 valence electrons. The first kappa shape index (κ1) is 36.5. The lowest BCUT2D eigenvalue weighted by molar-refractivity contribution is -0.109. The summed E-state index contributed by atoms with van der Waals surface area (Å²) in [7, 11) is 4.15. The molecule has 0 aliphatic heterocycles. The standard InChI is InChI=1S/C32H37FN6O4.C4H7NO/c1-5-39-31(41)28(35-32(42)36-30-26(33)19-34-20-29(30)40)18-27(37-39)23-11-9-10-22(16-23)24-14-21(2)15-25(17-24)43-13-8-6-7-12-38(3)4;6-3-5-4-1-2-4/h9-11,14-20,40H,5-8,12-13H2,1-4H3,(H2,34,35,36,42);3-4H,1-2H2,(H,5,6). The Morgan fingerprint density at radius 1 is 1.06 bits per heavy atom. The summed E-state index contributed by atoms with van der Waals surface area (Å²) in [5.74, 6) is -0.657. The average Bonchev–Trinajstić information content (AvgIpc) is 3.90. The molecule has 1 fully saturated rings. The number of halogens is 1. The molecule has 13 heteroatoms. The molecule has 0 atom stereocenters. The Labute approximate surface area is 285 Å². The van der Waals surface area contributed by atoms with Crippen LogP contribution in [0, 0.1) is 12.7 Å². The van der Waals surface area contributed by atoms with E-state index in [0.29, 0.717) is 18.3 Å². The van der Waals surface area contributed by atoms with Crippen LogP contribution >= 0.6 is 0 Å². The second kappa shape index (κ2) is 17.7. The maximum atomic E-state index is 14.0. The molecule has 0 unspecified atom stereocenters. The average molecular weight is 674 g/mol. The third kappa shape index (κ3) is 11.1. The van der Waals surface area contributed by atoms with Gasteiger partial charge in [-0.3, -0.25) is 14.6 Å². The predicted octanol–water partition coefficient (Wildman–Crippen LogP) is 5.79. The molecule has 4 aromatic rings. The number of pyridine rings is 1. The van der Waals surface area contributed by atoms with E-state index in [2.05, 4.69) is 51.1 Å². The van der Waals surface area contributed by atoms with Crippen molar-refractivity contribution in [1.29, 1.82) is 0 Å². The van der Waals surface area contributed by atoms with Crippen molar-refractivity contribution < 1.29 is 23.8 Å². The van der Waals surface area contributed by atoms with Gasteiger partial charge in [0.05, 0.1) is 24.7 Å². The summed E-state index contributed by atoms with van der Waals surface area (Å²) in [5, 5.41) is 21.7. The number of rotatable bonds is 14. The van der Waals surface area contributed by atoms with Crippen LogP contribution < -0.4 is 26.2 Å². The number of aryl methyl sites for hydroxylation is 2. The number of aromatic hydroxyl groups is 1. The Morgan fingerprint density at radius 3 is 2.51 bits per heavy atom. The van der Waals surface area contributed by atoms with Crippen molar-refractivity contribution in [3.05, 3.63) is 82.7 Å². The summed E-state index contributed by atoms with van der Waals surface area (Å²) in [6.07, 6.45) is 8.20. The molecule has 1 aliphatic rings. The first-order valence-corrected chi connectivity index (χ1v) is 16.3. The number of amides is 3. The Morgan fingerprint density at radius 2 is 1.84 bits per heavy atom. The lowest BCUT2D eigenvalue weighted by Gasteiger charge is -2.13. The number of anilines is 2. The van der Waals surface area contributed by atoms with E-state index < -0.39 is 28.8 Å². The second-order valence-corrected chi connectivity index (χ2v) is 12.0. The van der Waals surface area contributed by atoms with Gasteiger partial charge >= 0.3 is 6.03 Å². The van der Waals surface area contributed by atoms with Crippen LogP contribution in [0.4, 0.5) is 20.6 Å². The van der Waals surface area contributed by atoms with Crippen molar-refractivity contribution in [2.45, 2.75) is 58.5 Å². The highest BCUT2D eigenvalue weighted by Crippen LogP contribution is 2.30. The van der Waals surface area contributed by atoms with Crippen molar-refractivity contribution in [2.75, 3.05) is 37.9 Å². The van der Waals surface area contributed by atoms with Crippen molar-refractivity contribution in [3.8, 4) is 33.9 Å². The number of hydrogen-bond donors (Lipinski definition) is 4. The van der Waals surface area contributed by atoms with E-state index in [4.69, 9.17) is 4.74 Å². The van der Waals surface area contributed by atoms with E-state index in [1.165, 1.54) is 23.6 Å². The molecule has 49 heavy (non-hydrogen) atoms. The van der Waals surface area contributed by atoms with Crippen LogP contribution in [0.15, 0.2) is 65.7 Å². The molecule has 2 heterocycles. The topological polar surface area (TPSA) is 151 Å². The highest BCUT2D eigenvalue weighted by molar-refractivity contribution is 6.00. The van der Waals surface area contributed by atoms with Gasteiger partial charge in [0.15, 0.2) is 11.6 Å². The Kier molecular flexibility index (Phi) is 13.2. The summed E-state index contributed by atoms with van der Waals surface area (Å²) in [6, 6.07) is 14.9. The second-order valence-electron chi connectivity index (χ2n) is 12.0. The summed E-state index contributed by atoms with van der Waals surface area (Å²) in [6.45, 7) is 5.76. The van der Waals surface area contributed by atoms with Gasteiger partial charge in [0, 0.05) is 18.2 Å². The maximum absolute atomic E-state index is 14.0. The van der Waals surface area contributed by atoms with Crippen molar-refractivity contribution >= 4 is 23.8 Å². The highest BCUT2D eigenvalue weighted by Gasteiger charge is 2.19. The molecule has 0 saturated heterocycles. The zero-order valence-electron chi connectivity index (χ0n) is 28.3. The fourth-order valence-electron chi connectivity index (χ4n) is 4.90. The fraction of sp³-hybridized carbons (Fsp3) is 0.361. The molecular formula is C36H44FN7O5. The van der Waals surface area contributed by atoms with Gasteiger partial charge in [-0.25, -0.2) is 13.9 Å². The van der Waals surface area contributed by atoms with Gasteiger partial charge in [-0.15, -0.1) is 0 Å². The molecular weight excluding hydrogens is 629 g/mol. The zero-order chi connectivity index (χ0) is 35.3. The number of hydrogen-bond acceptors (Lipinski definition) is 8. The van der Waals surface area contributed by atoms with E-state index in [9.17, 15) is 23.9 Å². The quantitative estimate of drug-likeness (QED) is 0.0970. The smallest absolute Gasteiger partial charge is 0.324 e. The van der Waals surface area contributed by atoms with Crippen LogP contribution in [-0.4, -0.2) is 70.5 Å². The monoisotopic (exact) mass is 673 g/mol. The molecule has 12 nitrogen and oxygen atoms in total. The Bertz CT molecular complexity index is 1770. The molecule has 5 rings (SSSR count). The van der Waals surface area contributed by atoms with Gasteiger partial charge in [0.25, 0.3) is 5.56 Å². The van der Waals surface area contributed by atoms with Gasteiger partial charge in [-0.2, -0.15) is 5.10 Å². The van der Waals surface area contributed by atoms with E-state index in [0.717, 1.165) is 72.6 Å². The van der Waals surface area contributed by atoms with E-state index in [-0.39, 0.29) is 12.2 Å². The van der Waals surface area contributed by atoms with Crippen LogP contribution in [0.2, 0.25) is 0 Å². The first-order valence-electron chi connectivity index (χ1n) is 16.3. The van der Waals surface area contributed by atoms with Gasteiger partial charge in [0.2, 0.25) is 6.41 Å². The van der Waals surface area contributed by atoms with E-state index >= 15 is 0 Å². The van der Waals surface area contributed by atoms with Gasteiger partial charge < -0.3 is 30.7 Å². The number of nitrogens with zero attached hydrogens (tertiary/aromatic N) is 4. The fourth-order valence-corrected chi connectivity index (χ4v) is 4.90. The largest absolute Gasteiger partial charge is 0.504 e. The number of urea groups is 1. The number of unbranched alkanes of at least 4 members (excludes halogenated alkanes) is 2. The summed E-state index contributed by atoms with van der Waals surface area (Å²) in [4.78, 5) is 40.8. The van der Waals surface area contributed by atoms with Crippen molar-refractivity contribution in [3.63, 3.8) is 0 Å². The van der Waals surface area contributed by atoms with Crippen molar-refractivity contribution in [2.24, 2.45) is 0 Å². The third-order valence-electron chi connectivity index (χ3n) is 7.58. The summed E-state index contributed by atoms with van der Waals surface area (Å²) < 4.78 is 21.3. The van der Waals surface area contributed by atoms with Crippen LogP contribution in [0.1, 0.15) is 44.6 Å². The molecule has 1 aliphatic carbocycles. The molecule has 1 saturated carbocycles. The lowest BCUT2D eigenvalue weighted by atomic mass is 9.99. The third-order valence-corrected chi connectivity index (χ3v) is 7.58. The highest BCUT2D eigenvalue weighted by atomic mass is 19.1. The van der Waals surface area contributed by atoms with Gasteiger partial charge in [-0.1, -0.05) is 24.3 Å². The molecule has 0 bridgehead atoms. The molecule has 0 spiro atoms. The first-order chi connectivity index (χ1) is 23.6. The normalized spacial score (nSPS) is 12.1. The number of nitrogens with one attached hydrogen (secondary N) is 3. The van der Waals surface area contributed by atoms with Gasteiger partial charge in [0.1, 0.15) is 17.1 Å². The van der Waals surface area contributed by atoms with Crippen molar-refractivity contribution in [1.82, 2.24) is 25.0 Å². The molecule has 4 N–H and O–H groups in total. The van der Waals surface area contributed by atoms with Crippen LogP contribution in [0.25, 0.3) is 22.4 Å². The number of carbonyl (C=O) groups excluding carboxylic acids is 2. The minimum absolute atomic E-state index is 0.0551. The zero-order valence-corrected chi connectivity index (χ0v) is 28.3. The van der Waals surface area contributed by atoms with E-state index in [1.54, 1.807) is 6.92 Å². The number of ether oxygens (including phenoxy) is 1. The predicted molar refractivity (Wildman–Crippen MR) is 188 cm³/mol. The minimum Gasteiger partial charge on any atom is -0.504 e. The number of aromatic nitrogens is 3.